The molecule has 0 unspecified atom stereocenters. The van der Waals surface area contributed by atoms with Crippen LogP contribution in [-0.4, -0.2) is 18.3 Å². The molecule has 5 rings (SSSR count). The van der Waals surface area contributed by atoms with Crippen molar-refractivity contribution in [2.24, 2.45) is 0 Å². The van der Waals surface area contributed by atoms with Crippen molar-refractivity contribution in [3.8, 4) is 11.5 Å². The van der Waals surface area contributed by atoms with Crippen LogP contribution in [0, 0.1) is 0 Å². The van der Waals surface area contributed by atoms with Crippen LogP contribution in [0.25, 0.3) is 24.3 Å². The summed E-state index contributed by atoms with van der Waals surface area (Å²) in [6, 6.07) is 41.7. The van der Waals surface area contributed by atoms with Gasteiger partial charge in [0.15, 0.2) is 0 Å². The van der Waals surface area contributed by atoms with Gasteiger partial charge in [0.05, 0.1) is 19.8 Å². The normalized spacial score (nSPS) is 11.3. The van der Waals surface area contributed by atoms with E-state index in [1.165, 1.54) is 0 Å². The smallest absolute Gasteiger partial charge is 0.119 e. The fraction of sp³-hybridized carbons (Fsp3) is 0.209. The SMILES string of the molecule is CCCCOc1ccc(/C=C/c2ccc(N(c3ccc(/C=C/c4ccc(OCCCC)cc4)cc3)c3ccc(CO)cc3)cc2)cc1. The van der Waals surface area contributed by atoms with E-state index in [1.807, 2.05) is 36.4 Å². The van der Waals surface area contributed by atoms with Gasteiger partial charge in [-0.15, -0.1) is 0 Å². The molecule has 0 saturated heterocycles. The highest BCUT2D eigenvalue weighted by molar-refractivity contribution is 5.79. The number of hydrogen-bond donors (Lipinski definition) is 1. The Morgan fingerprint density at radius 2 is 0.787 bits per heavy atom. The second-order valence-electron chi connectivity index (χ2n) is 11.6. The van der Waals surface area contributed by atoms with Crippen LogP contribution < -0.4 is 14.4 Å². The average molecular weight is 624 g/mol. The molecule has 0 saturated carbocycles. The largest absolute Gasteiger partial charge is 0.494 e. The van der Waals surface area contributed by atoms with Crippen molar-refractivity contribution in [3.05, 3.63) is 149 Å². The molecule has 0 heterocycles. The first-order valence-corrected chi connectivity index (χ1v) is 16.7. The van der Waals surface area contributed by atoms with E-state index in [0.29, 0.717) is 0 Å². The minimum absolute atomic E-state index is 0.0194. The molecule has 5 aromatic carbocycles. The number of anilines is 3. The molecular formula is C43H45NO3. The Hall–Kier alpha value is -5.06. The number of hydrogen-bond acceptors (Lipinski definition) is 4. The third-order valence-corrected chi connectivity index (χ3v) is 7.91. The third kappa shape index (κ3) is 9.96. The Kier molecular flexibility index (Phi) is 12.5. The Bertz CT molecular complexity index is 1580. The molecule has 5 aromatic rings. The van der Waals surface area contributed by atoms with E-state index < -0.39 is 0 Å². The predicted molar refractivity (Wildman–Crippen MR) is 199 cm³/mol. The topological polar surface area (TPSA) is 41.9 Å². The second kappa shape index (κ2) is 17.6. The van der Waals surface area contributed by atoms with Crippen molar-refractivity contribution < 1.29 is 14.6 Å². The minimum Gasteiger partial charge on any atom is -0.494 e. The zero-order valence-corrected chi connectivity index (χ0v) is 27.5. The molecule has 1 N–H and O–H groups in total. The number of unbranched alkanes of at least 4 members (excludes halogenated alkanes) is 2. The lowest BCUT2D eigenvalue weighted by atomic mass is 10.1. The molecule has 4 nitrogen and oxygen atoms in total. The van der Waals surface area contributed by atoms with E-state index >= 15 is 0 Å². The molecule has 0 aromatic heterocycles. The number of rotatable bonds is 16. The maximum absolute atomic E-state index is 9.60. The molecule has 0 bridgehead atoms. The molecule has 0 radical (unpaired) electrons. The van der Waals surface area contributed by atoms with Gasteiger partial charge in [-0.1, -0.05) is 112 Å². The Morgan fingerprint density at radius 1 is 0.468 bits per heavy atom. The number of aliphatic hydroxyl groups is 1. The van der Waals surface area contributed by atoms with Crippen molar-refractivity contribution >= 4 is 41.4 Å². The van der Waals surface area contributed by atoms with E-state index in [-0.39, 0.29) is 6.61 Å². The van der Waals surface area contributed by atoms with Crippen molar-refractivity contribution in [2.75, 3.05) is 18.1 Å². The highest BCUT2D eigenvalue weighted by atomic mass is 16.5. The van der Waals surface area contributed by atoms with Crippen LogP contribution >= 0.6 is 0 Å². The van der Waals surface area contributed by atoms with E-state index in [2.05, 4.69) is 128 Å². The van der Waals surface area contributed by atoms with Crippen molar-refractivity contribution in [2.45, 2.75) is 46.1 Å². The lowest BCUT2D eigenvalue weighted by Gasteiger charge is -2.26. The van der Waals surface area contributed by atoms with Gasteiger partial charge in [0.25, 0.3) is 0 Å². The van der Waals surface area contributed by atoms with E-state index in [0.717, 1.165) is 95.3 Å². The molecule has 4 heteroatoms. The van der Waals surface area contributed by atoms with Crippen LogP contribution in [0.15, 0.2) is 121 Å². The monoisotopic (exact) mass is 623 g/mol. The van der Waals surface area contributed by atoms with Crippen LogP contribution in [0.2, 0.25) is 0 Å². The second-order valence-corrected chi connectivity index (χ2v) is 11.6. The van der Waals surface area contributed by atoms with E-state index in [4.69, 9.17) is 9.47 Å². The Balaban J connectivity index is 1.30. The lowest BCUT2D eigenvalue weighted by Crippen LogP contribution is -2.10. The quantitative estimate of drug-likeness (QED) is 0.0877. The fourth-order valence-corrected chi connectivity index (χ4v) is 5.07. The predicted octanol–water partition coefficient (Wildman–Crippen LogP) is 11.3. The van der Waals surface area contributed by atoms with Crippen LogP contribution in [0.4, 0.5) is 17.1 Å². The van der Waals surface area contributed by atoms with Gasteiger partial charge < -0.3 is 19.5 Å². The highest BCUT2D eigenvalue weighted by Crippen LogP contribution is 2.35. The van der Waals surface area contributed by atoms with Crippen molar-refractivity contribution in [1.82, 2.24) is 0 Å². The van der Waals surface area contributed by atoms with Gasteiger partial charge in [-0.05, 0) is 101 Å². The average Bonchev–Trinajstić information content (AvgIpc) is 3.12. The molecule has 0 aliphatic carbocycles. The van der Waals surface area contributed by atoms with Crippen molar-refractivity contribution in [1.29, 1.82) is 0 Å². The molecule has 240 valence electrons. The zero-order valence-electron chi connectivity index (χ0n) is 27.5. The summed E-state index contributed by atoms with van der Waals surface area (Å²) in [5, 5.41) is 9.60. The van der Waals surface area contributed by atoms with Gasteiger partial charge in [-0.3, -0.25) is 0 Å². The Morgan fingerprint density at radius 3 is 1.11 bits per heavy atom. The number of nitrogens with zero attached hydrogens (tertiary/aromatic N) is 1. The highest BCUT2D eigenvalue weighted by Gasteiger charge is 2.12. The Labute approximate surface area is 280 Å². The first kappa shape index (κ1) is 33.3. The van der Waals surface area contributed by atoms with Gasteiger partial charge >= 0.3 is 0 Å². The lowest BCUT2D eigenvalue weighted by molar-refractivity contribution is 0.282. The van der Waals surface area contributed by atoms with Crippen LogP contribution in [0.1, 0.15) is 67.3 Å². The molecule has 0 atom stereocenters. The van der Waals surface area contributed by atoms with Crippen LogP contribution in [-0.2, 0) is 6.61 Å². The molecule has 0 spiro atoms. The first-order chi connectivity index (χ1) is 23.1. The molecule has 47 heavy (non-hydrogen) atoms. The molecular weight excluding hydrogens is 578 g/mol. The maximum atomic E-state index is 9.60. The number of benzene rings is 5. The summed E-state index contributed by atoms with van der Waals surface area (Å²) >= 11 is 0. The standard InChI is InChI=1S/C43H45NO3/c1-3-5-31-46-42-27-17-36(18-28-42)9-7-34-11-21-39(22-12-34)44(41-25-15-38(33-45)16-26-41)40-23-13-35(14-24-40)8-10-37-19-29-43(30-20-37)47-32-6-4-2/h7-30,45H,3-6,31-33H2,1-2H3/b9-7+,10-8+. The van der Waals surface area contributed by atoms with Gasteiger partial charge in [-0.2, -0.15) is 0 Å². The van der Waals surface area contributed by atoms with Crippen LogP contribution in [0.5, 0.6) is 11.5 Å². The molecule has 0 aliphatic rings. The summed E-state index contributed by atoms with van der Waals surface area (Å²) in [6.45, 7) is 5.87. The first-order valence-electron chi connectivity index (χ1n) is 16.7. The molecule has 0 aliphatic heterocycles. The minimum atomic E-state index is 0.0194. The van der Waals surface area contributed by atoms with Crippen molar-refractivity contribution in [3.63, 3.8) is 0 Å². The van der Waals surface area contributed by atoms with Gasteiger partial charge in [0.2, 0.25) is 0 Å². The fourth-order valence-electron chi connectivity index (χ4n) is 5.07. The molecule has 0 amide bonds. The zero-order chi connectivity index (χ0) is 32.7. The summed E-state index contributed by atoms with van der Waals surface area (Å²) in [5.74, 6) is 1.82. The van der Waals surface area contributed by atoms with Gasteiger partial charge in [-0.25, -0.2) is 0 Å². The number of aliphatic hydroxyl groups excluding tert-OH is 1. The van der Waals surface area contributed by atoms with E-state index in [1.54, 1.807) is 0 Å². The van der Waals surface area contributed by atoms with Gasteiger partial charge in [0, 0.05) is 17.1 Å². The summed E-state index contributed by atoms with van der Waals surface area (Å²) in [4.78, 5) is 2.23. The summed E-state index contributed by atoms with van der Waals surface area (Å²) in [5.41, 5.74) is 8.51. The maximum Gasteiger partial charge on any atom is 0.119 e. The van der Waals surface area contributed by atoms with Crippen LogP contribution in [0.3, 0.4) is 0 Å². The summed E-state index contributed by atoms with van der Waals surface area (Å²) in [6.07, 6.45) is 12.9. The summed E-state index contributed by atoms with van der Waals surface area (Å²) < 4.78 is 11.6. The summed E-state index contributed by atoms with van der Waals surface area (Å²) in [7, 11) is 0. The third-order valence-electron chi connectivity index (χ3n) is 7.91. The number of ether oxygens (including phenoxy) is 2. The molecule has 0 fully saturated rings. The van der Waals surface area contributed by atoms with Gasteiger partial charge in [0.1, 0.15) is 11.5 Å². The van der Waals surface area contributed by atoms with E-state index in [9.17, 15) is 5.11 Å².